The van der Waals surface area contributed by atoms with E-state index >= 15 is 0 Å². The summed E-state index contributed by atoms with van der Waals surface area (Å²) in [4.78, 5) is 14.6. The number of anilines is 2. The van der Waals surface area contributed by atoms with Crippen molar-refractivity contribution in [2.75, 3.05) is 57.6 Å². The van der Waals surface area contributed by atoms with Crippen LogP contribution in [-0.2, 0) is 4.74 Å². The monoisotopic (exact) mass is 637 g/mol. The molecule has 4 heterocycles. The van der Waals surface area contributed by atoms with E-state index in [1.165, 1.54) is 11.6 Å². The molecule has 1 aromatic carbocycles. The molecule has 3 aromatic rings. The predicted octanol–water partition coefficient (Wildman–Crippen LogP) is 2.41. The Bertz CT molecular complexity index is 1490. The van der Waals surface area contributed by atoms with Crippen molar-refractivity contribution < 1.29 is 25.8 Å². The van der Waals surface area contributed by atoms with E-state index in [0.717, 1.165) is 6.54 Å². The summed E-state index contributed by atoms with van der Waals surface area (Å²) < 4.78 is 55.0. The molecule has 2 saturated heterocycles. The van der Waals surface area contributed by atoms with Crippen molar-refractivity contribution in [3.63, 3.8) is 0 Å². The SMILES string of the molecule is COc1ccc(C(=O)NC2(C)COC2)cc1NCC#Cc1nn2c(NC3CCN(C)CC3F)cccc2c1[Se](F)F. The first kappa shape index (κ1) is 29.1. The topological polar surface area (TPSA) is 92.2 Å². The number of likely N-dealkylation sites (tertiary alicyclic amines) is 1. The number of carbonyl (C=O) groups is 1. The van der Waals surface area contributed by atoms with Gasteiger partial charge in [-0.05, 0) is 6.92 Å². The van der Waals surface area contributed by atoms with Gasteiger partial charge in [0.15, 0.2) is 0 Å². The van der Waals surface area contributed by atoms with Crippen molar-refractivity contribution in [3.05, 3.63) is 47.7 Å². The molecule has 13 heteroatoms. The number of hydrogen-bond acceptors (Lipinski definition) is 7. The third kappa shape index (κ3) is 6.41. The molecule has 9 nitrogen and oxygen atoms in total. The van der Waals surface area contributed by atoms with Crippen molar-refractivity contribution in [3.8, 4) is 17.6 Å². The number of methoxy groups -OCH3 is 1. The van der Waals surface area contributed by atoms with Gasteiger partial charge in [-0.1, -0.05) is 0 Å². The number of fused-ring (bicyclic) bond motifs is 1. The van der Waals surface area contributed by atoms with Gasteiger partial charge in [-0.15, -0.1) is 0 Å². The van der Waals surface area contributed by atoms with E-state index in [4.69, 9.17) is 9.47 Å². The number of alkyl halides is 1. The number of rotatable bonds is 8. The molecule has 2 fully saturated rings. The van der Waals surface area contributed by atoms with E-state index in [0.29, 0.717) is 49.0 Å². The van der Waals surface area contributed by atoms with Gasteiger partial charge < -0.3 is 4.74 Å². The zero-order valence-electron chi connectivity index (χ0n) is 23.0. The molecule has 219 valence electrons. The second-order valence-electron chi connectivity index (χ2n) is 10.5. The number of carbonyl (C=O) groups excluding carboxylic acids is 1. The molecule has 1 amide bonds. The molecule has 2 aromatic heterocycles. The van der Waals surface area contributed by atoms with Crippen LogP contribution < -0.4 is 25.1 Å². The van der Waals surface area contributed by atoms with Crippen LogP contribution in [0, 0.1) is 11.8 Å². The van der Waals surface area contributed by atoms with Gasteiger partial charge in [-0.3, -0.25) is 0 Å². The van der Waals surface area contributed by atoms with Crippen LogP contribution in [0.1, 0.15) is 29.4 Å². The van der Waals surface area contributed by atoms with Crippen LogP contribution >= 0.6 is 0 Å². The van der Waals surface area contributed by atoms with E-state index in [1.54, 1.807) is 36.4 Å². The molecule has 0 bridgehead atoms. The van der Waals surface area contributed by atoms with Crippen LogP contribution in [0.4, 0.5) is 23.0 Å². The zero-order valence-corrected chi connectivity index (χ0v) is 24.7. The summed E-state index contributed by atoms with van der Waals surface area (Å²) in [6.07, 6.45) is -0.506. The van der Waals surface area contributed by atoms with Gasteiger partial charge in [0.25, 0.3) is 0 Å². The van der Waals surface area contributed by atoms with Crippen LogP contribution in [-0.4, -0.2) is 100.0 Å². The van der Waals surface area contributed by atoms with Crippen LogP contribution in [0.5, 0.6) is 5.75 Å². The summed E-state index contributed by atoms with van der Waals surface area (Å²) in [5.41, 5.74) is 0.822. The molecule has 3 N–H and O–H groups in total. The van der Waals surface area contributed by atoms with E-state index in [9.17, 15) is 16.3 Å². The van der Waals surface area contributed by atoms with Crippen LogP contribution in [0.25, 0.3) is 5.52 Å². The quantitative estimate of drug-likeness (QED) is 0.259. The Morgan fingerprint density at radius 1 is 1.29 bits per heavy atom. The average molecular weight is 637 g/mol. The number of hydrogen-bond donors (Lipinski definition) is 3. The van der Waals surface area contributed by atoms with Gasteiger partial charge in [0, 0.05) is 0 Å². The van der Waals surface area contributed by atoms with Crippen molar-refractivity contribution in [2.24, 2.45) is 0 Å². The van der Waals surface area contributed by atoms with Gasteiger partial charge in [0.1, 0.15) is 0 Å². The second-order valence-corrected chi connectivity index (χ2v) is 12.2. The standard InChI is InChI=1S/C28H32F3N6O3Se/c1-28(16-40-17-28)34-27(38)18-9-10-24(39-3)22(14-18)32-12-5-6-21-26(41(30)31)23-7-4-8-25(37(23)35-21)33-20-11-13-36(2)15-19(20)29/h4,7-10,14,19-20,32-33H,11-13,15-17H2,1-3H3,(H,34,38). The number of halogens is 3. The van der Waals surface area contributed by atoms with Crippen molar-refractivity contribution >= 4 is 42.2 Å². The molecule has 2 unspecified atom stereocenters. The number of ether oxygens (including phenoxy) is 2. The maximum atomic E-state index is 14.6. The fraction of sp³-hybridized carbons (Fsp3) is 0.429. The molecule has 41 heavy (non-hydrogen) atoms. The molecule has 2 atom stereocenters. The summed E-state index contributed by atoms with van der Waals surface area (Å²) >= 11 is -4.15. The number of nitrogens with one attached hydrogen (secondary N) is 3. The van der Waals surface area contributed by atoms with Gasteiger partial charge in [0.2, 0.25) is 0 Å². The Morgan fingerprint density at radius 3 is 2.78 bits per heavy atom. The third-order valence-electron chi connectivity index (χ3n) is 7.14. The fourth-order valence-electron chi connectivity index (χ4n) is 4.88. The molecule has 0 aliphatic carbocycles. The second kappa shape index (κ2) is 12.2. The van der Waals surface area contributed by atoms with Crippen molar-refractivity contribution in [1.29, 1.82) is 0 Å². The van der Waals surface area contributed by atoms with Crippen LogP contribution in [0.15, 0.2) is 36.4 Å². The molecular formula is C28H32F3N6O3Se. The summed E-state index contributed by atoms with van der Waals surface area (Å²) in [6, 6.07) is 9.48. The number of piperidine rings is 1. The first-order valence-corrected chi connectivity index (χ1v) is 15.3. The average Bonchev–Trinajstić information content (AvgIpc) is 3.31. The molecule has 5 rings (SSSR count). The minimum atomic E-state index is -4.15. The number of aromatic nitrogens is 2. The molecule has 0 saturated carbocycles. The Hall–Kier alpha value is -3.43. The van der Waals surface area contributed by atoms with E-state index in [2.05, 4.69) is 32.9 Å². The normalized spacial score (nSPS) is 20.2. The number of benzene rings is 1. The van der Waals surface area contributed by atoms with Gasteiger partial charge >= 0.3 is 217 Å². The van der Waals surface area contributed by atoms with E-state index in [-0.39, 0.29) is 28.1 Å². The Kier molecular flexibility index (Phi) is 8.66. The minimum absolute atomic E-state index is 0.00715. The Labute approximate surface area is 241 Å². The Morgan fingerprint density at radius 2 is 2.10 bits per heavy atom. The maximum absolute atomic E-state index is 14.6. The zero-order chi connectivity index (χ0) is 29.1. The molecule has 2 aliphatic rings. The van der Waals surface area contributed by atoms with Crippen LogP contribution in [0.3, 0.4) is 0 Å². The van der Waals surface area contributed by atoms with Crippen molar-refractivity contribution in [1.82, 2.24) is 19.8 Å². The number of amides is 1. The summed E-state index contributed by atoms with van der Waals surface area (Å²) in [5.74, 6) is 6.36. The van der Waals surface area contributed by atoms with Crippen LogP contribution in [0.2, 0.25) is 0 Å². The van der Waals surface area contributed by atoms with Gasteiger partial charge in [0.05, 0.1) is 13.2 Å². The summed E-state index contributed by atoms with van der Waals surface area (Å²) in [5, 5.41) is 13.6. The number of pyridine rings is 1. The van der Waals surface area contributed by atoms with Gasteiger partial charge in [-0.2, -0.15) is 0 Å². The molecular weight excluding hydrogens is 604 g/mol. The third-order valence-corrected chi connectivity index (χ3v) is 8.63. The molecule has 0 spiro atoms. The van der Waals surface area contributed by atoms with E-state index in [1.807, 2.05) is 18.9 Å². The number of nitrogens with zero attached hydrogens (tertiary/aromatic N) is 3. The summed E-state index contributed by atoms with van der Waals surface area (Å²) in [6.45, 7) is 3.94. The predicted molar refractivity (Wildman–Crippen MR) is 152 cm³/mol. The van der Waals surface area contributed by atoms with Gasteiger partial charge in [-0.25, -0.2) is 0 Å². The molecule has 1 radical (unpaired) electrons. The first-order chi connectivity index (χ1) is 19.7. The van der Waals surface area contributed by atoms with E-state index < -0.39 is 32.6 Å². The molecule has 2 aliphatic heterocycles. The van der Waals surface area contributed by atoms with Crippen molar-refractivity contribution in [2.45, 2.75) is 31.1 Å². The fourth-order valence-corrected chi connectivity index (χ4v) is 6.04. The summed E-state index contributed by atoms with van der Waals surface area (Å²) in [7, 11) is 3.38. The Balaban J connectivity index is 1.34. The first-order valence-electron chi connectivity index (χ1n) is 13.2.